The van der Waals surface area contributed by atoms with Crippen LogP contribution in [0.5, 0.6) is 0 Å². The van der Waals surface area contributed by atoms with Crippen LogP contribution in [0.1, 0.15) is 48.6 Å². The Labute approximate surface area is 151 Å². The lowest BCUT2D eigenvalue weighted by atomic mass is 10.1. The maximum Gasteiger partial charge on any atom is 0.255 e. The Morgan fingerprint density at radius 1 is 1.23 bits per heavy atom. The third kappa shape index (κ3) is 3.56. The molecule has 3 rings (SSSR count). The molecule has 0 saturated carbocycles. The second kappa shape index (κ2) is 7.19. The molecular formula is C19H21FN4O2. The summed E-state index contributed by atoms with van der Waals surface area (Å²) in [6.45, 7) is 7.77. The van der Waals surface area contributed by atoms with Gasteiger partial charge in [-0.3, -0.25) is 9.78 Å². The summed E-state index contributed by atoms with van der Waals surface area (Å²) in [5, 5.41) is 8.57. The maximum atomic E-state index is 13.5. The zero-order valence-electron chi connectivity index (χ0n) is 15.3. The largest absolute Gasteiger partial charge is 0.423 e. The van der Waals surface area contributed by atoms with E-state index in [9.17, 15) is 9.18 Å². The van der Waals surface area contributed by atoms with Crippen LogP contribution in [0.25, 0.3) is 10.9 Å². The number of hydrogen-bond acceptors (Lipinski definition) is 5. The fourth-order valence-corrected chi connectivity index (χ4v) is 2.80. The van der Waals surface area contributed by atoms with Gasteiger partial charge in [0, 0.05) is 29.6 Å². The molecule has 7 heteroatoms. The Balaban J connectivity index is 2.00. The fourth-order valence-electron chi connectivity index (χ4n) is 2.80. The molecule has 2 aromatic heterocycles. The van der Waals surface area contributed by atoms with E-state index in [1.165, 1.54) is 12.1 Å². The number of fused-ring (bicyclic) bond motifs is 1. The first-order valence-corrected chi connectivity index (χ1v) is 8.58. The third-order valence-corrected chi connectivity index (χ3v) is 4.13. The average Bonchev–Trinajstić information content (AvgIpc) is 3.05. The van der Waals surface area contributed by atoms with Crippen LogP contribution >= 0.6 is 0 Å². The minimum Gasteiger partial charge on any atom is -0.423 e. The highest BCUT2D eigenvalue weighted by Gasteiger charge is 2.24. The first-order valence-electron chi connectivity index (χ1n) is 8.58. The predicted octanol–water partition coefficient (Wildman–Crippen LogP) is 3.68. The van der Waals surface area contributed by atoms with E-state index >= 15 is 0 Å². The first-order chi connectivity index (χ1) is 12.4. The Morgan fingerprint density at radius 2 is 1.96 bits per heavy atom. The van der Waals surface area contributed by atoms with E-state index in [1.807, 2.05) is 20.8 Å². The quantitative estimate of drug-likeness (QED) is 0.697. The molecule has 3 aromatic rings. The van der Waals surface area contributed by atoms with Gasteiger partial charge in [0.1, 0.15) is 5.82 Å². The summed E-state index contributed by atoms with van der Waals surface area (Å²) in [6.07, 6.45) is 0.641. The van der Waals surface area contributed by atoms with Gasteiger partial charge in [-0.25, -0.2) is 4.39 Å². The topological polar surface area (TPSA) is 72.1 Å². The second-order valence-electron chi connectivity index (χ2n) is 6.44. The van der Waals surface area contributed by atoms with Crippen LogP contribution in [0, 0.1) is 12.7 Å². The number of rotatable bonds is 5. The Morgan fingerprint density at radius 3 is 2.62 bits per heavy atom. The number of aromatic nitrogens is 3. The Hall–Kier alpha value is -2.83. The summed E-state index contributed by atoms with van der Waals surface area (Å²) in [6, 6.07) is 5.91. The number of carbonyl (C=O) groups is 1. The highest BCUT2D eigenvalue weighted by molar-refractivity contribution is 6.06. The molecule has 2 heterocycles. The van der Waals surface area contributed by atoms with Crippen molar-refractivity contribution < 1.29 is 13.6 Å². The molecule has 0 bridgehead atoms. The summed E-state index contributed by atoms with van der Waals surface area (Å²) >= 11 is 0. The van der Waals surface area contributed by atoms with E-state index in [0.717, 1.165) is 0 Å². The number of aryl methyl sites for hydroxylation is 2. The number of nitrogens with zero attached hydrogens (tertiary/aromatic N) is 4. The molecule has 0 saturated heterocycles. The number of carbonyl (C=O) groups excluding carboxylic acids is 1. The van der Waals surface area contributed by atoms with Gasteiger partial charge < -0.3 is 9.32 Å². The smallest absolute Gasteiger partial charge is 0.255 e. The van der Waals surface area contributed by atoms with Crippen molar-refractivity contribution in [2.45, 2.75) is 46.7 Å². The number of pyridine rings is 1. The molecule has 0 fully saturated rings. The first kappa shape index (κ1) is 18.0. The van der Waals surface area contributed by atoms with Gasteiger partial charge in [-0.1, -0.05) is 6.92 Å². The van der Waals surface area contributed by atoms with E-state index < -0.39 is 0 Å². The average molecular weight is 356 g/mol. The molecule has 0 unspecified atom stereocenters. The lowest BCUT2D eigenvalue weighted by Crippen LogP contribution is -2.36. The molecule has 0 radical (unpaired) electrons. The lowest BCUT2D eigenvalue weighted by molar-refractivity contribution is 0.0673. The summed E-state index contributed by atoms with van der Waals surface area (Å²) in [7, 11) is 0. The van der Waals surface area contributed by atoms with Crippen molar-refractivity contribution in [1.82, 2.24) is 20.1 Å². The van der Waals surface area contributed by atoms with Crippen LogP contribution < -0.4 is 0 Å². The molecule has 136 valence electrons. The van der Waals surface area contributed by atoms with Crippen LogP contribution in [0.3, 0.4) is 0 Å². The van der Waals surface area contributed by atoms with E-state index in [4.69, 9.17) is 4.42 Å². The standard InChI is InChI=1S/C19H21FN4O2/c1-5-17-22-23-18(26-17)10-24(11(2)3)19(25)15-8-12(4)21-16-9-13(20)6-7-14(15)16/h6-9,11H,5,10H2,1-4H3. The van der Waals surface area contributed by atoms with E-state index in [-0.39, 0.29) is 24.3 Å². The fraction of sp³-hybridized carbons (Fsp3) is 0.368. The molecule has 6 nitrogen and oxygen atoms in total. The number of hydrogen-bond donors (Lipinski definition) is 0. The highest BCUT2D eigenvalue weighted by atomic mass is 19.1. The van der Waals surface area contributed by atoms with Crippen molar-refractivity contribution in [3.8, 4) is 0 Å². The minimum atomic E-state index is -0.382. The van der Waals surface area contributed by atoms with Gasteiger partial charge in [0.05, 0.1) is 17.6 Å². The molecule has 1 amide bonds. The monoisotopic (exact) mass is 356 g/mol. The van der Waals surface area contributed by atoms with Gasteiger partial charge >= 0.3 is 0 Å². The van der Waals surface area contributed by atoms with E-state index in [0.29, 0.717) is 40.4 Å². The van der Waals surface area contributed by atoms with E-state index in [2.05, 4.69) is 15.2 Å². The normalized spacial score (nSPS) is 11.3. The third-order valence-electron chi connectivity index (χ3n) is 4.13. The van der Waals surface area contributed by atoms with Crippen LogP contribution in [0.4, 0.5) is 4.39 Å². The molecule has 0 aliphatic rings. The zero-order chi connectivity index (χ0) is 18.8. The van der Waals surface area contributed by atoms with Crippen LogP contribution in [-0.4, -0.2) is 32.0 Å². The van der Waals surface area contributed by atoms with Crippen molar-refractivity contribution in [2.24, 2.45) is 0 Å². The van der Waals surface area contributed by atoms with Crippen molar-refractivity contribution in [3.05, 3.63) is 53.1 Å². The summed E-state index contributed by atoms with van der Waals surface area (Å²) in [5.41, 5.74) is 1.60. The van der Waals surface area contributed by atoms with Gasteiger partial charge in [-0.05, 0) is 39.0 Å². The molecule has 1 aromatic carbocycles. The van der Waals surface area contributed by atoms with Crippen LogP contribution in [0.2, 0.25) is 0 Å². The molecule has 26 heavy (non-hydrogen) atoms. The Bertz CT molecular complexity index is 947. The minimum absolute atomic E-state index is 0.0801. The summed E-state index contributed by atoms with van der Waals surface area (Å²) < 4.78 is 19.1. The molecule has 0 spiro atoms. The van der Waals surface area contributed by atoms with Crippen molar-refractivity contribution in [3.63, 3.8) is 0 Å². The predicted molar refractivity (Wildman–Crippen MR) is 95.1 cm³/mol. The Kier molecular flexibility index (Phi) is 4.97. The van der Waals surface area contributed by atoms with Crippen LogP contribution in [-0.2, 0) is 13.0 Å². The number of amides is 1. The second-order valence-corrected chi connectivity index (χ2v) is 6.44. The van der Waals surface area contributed by atoms with Crippen molar-refractivity contribution in [1.29, 1.82) is 0 Å². The van der Waals surface area contributed by atoms with Gasteiger partial charge in [0.15, 0.2) is 0 Å². The molecule has 0 aliphatic heterocycles. The molecule has 0 aliphatic carbocycles. The summed E-state index contributed by atoms with van der Waals surface area (Å²) in [5.74, 6) is 0.368. The summed E-state index contributed by atoms with van der Waals surface area (Å²) in [4.78, 5) is 19.2. The van der Waals surface area contributed by atoms with Gasteiger partial charge in [0.2, 0.25) is 11.8 Å². The van der Waals surface area contributed by atoms with Gasteiger partial charge in [-0.2, -0.15) is 0 Å². The maximum absolute atomic E-state index is 13.5. The number of halogens is 1. The van der Waals surface area contributed by atoms with Crippen molar-refractivity contribution in [2.75, 3.05) is 0 Å². The van der Waals surface area contributed by atoms with Gasteiger partial charge in [-0.15, -0.1) is 10.2 Å². The molecular weight excluding hydrogens is 335 g/mol. The highest BCUT2D eigenvalue weighted by Crippen LogP contribution is 2.23. The SMILES string of the molecule is CCc1nnc(CN(C(=O)c2cc(C)nc3cc(F)ccc23)C(C)C)o1. The van der Waals surface area contributed by atoms with Crippen molar-refractivity contribution >= 4 is 16.8 Å². The zero-order valence-corrected chi connectivity index (χ0v) is 15.3. The molecule has 0 atom stereocenters. The van der Waals surface area contributed by atoms with Crippen LogP contribution in [0.15, 0.2) is 28.7 Å². The van der Waals surface area contributed by atoms with Gasteiger partial charge in [0.25, 0.3) is 5.91 Å². The molecule has 0 N–H and O–H groups in total. The lowest BCUT2D eigenvalue weighted by Gasteiger charge is -2.26. The number of benzene rings is 1. The van der Waals surface area contributed by atoms with E-state index in [1.54, 1.807) is 24.0 Å².